The molecular formula is C77H134O6. The average molecular weight is 1160 g/mol. The van der Waals surface area contributed by atoms with Gasteiger partial charge in [0.25, 0.3) is 0 Å². The van der Waals surface area contributed by atoms with E-state index < -0.39 is 6.10 Å². The molecule has 0 amide bonds. The second-order valence-corrected chi connectivity index (χ2v) is 23.8. The summed E-state index contributed by atoms with van der Waals surface area (Å²) >= 11 is 0. The average Bonchev–Trinajstić information content (AvgIpc) is 3.48. The first kappa shape index (κ1) is 79.3. The van der Waals surface area contributed by atoms with E-state index >= 15 is 0 Å². The monoisotopic (exact) mass is 1160 g/mol. The highest BCUT2D eigenvalue weighted by molar-refractivity contribution is 5.71. The van der Waals surface area contributed by atoms with Crippen molar-refractivity contribution in [3.05, 3.63) is 97.2 Å². The summed E-state index contributed by atoms with van der Waals surface area (Å²) in [6.45, 7) is 6.55. The SMILES string of the molecule is CC/C=C\C/C=C\C/C=C\C/C=C\C/C=C\C/C=C\C/C=C\C/C=C\CCCCCCC(=O)OCC(COC(=O)CCCCCCCCCCCCC)OC(=O)CCCCCCCCCCCCCCCCCCCCCCCCCCC. The molecule has 0 fully saturated rings. The van der Waals surface area contributed by atoms with Gasteiger partial charge < -0.3 is 14.2 Å². The summed E-state index contributed by atoms with van der Waals surface area (Å²) in [4.78, 5) is 38.4. The molecule has 0 aliphatic rings. The normalized spacial score (nSPS) is 12.7. The van der Waals surface area contributed by atoms with E-state index in [0.29, 0.717) is 19.3 Å². The van der Waals surface area contributed by atoms with Crippen LogP contribution in [0.25, 0.3) is 0 Å². The van der Waals surface area contributed by atoms with E-state index in [1.54, 1.807) is 0 Å². The minimum atomic E-state index is -0.787. The van der Waals surface area contributed by atoms with Crippen LogP contribution in [0.2, 0.25) is 0 Å². The molecule has 83 heavy (non-hydrogen) atoms. The summed E-state index contributed by atoms with van der Waals surface area (Å²) in [7, 11) is 0. The van der Waals surface area contributed by atoms with Crippen LogP contribution in [-0.2, 0) is 28.6 Å². The Morgan fingerprint density at radius 3 is 0.735 bits per heavy atom. The Morgan fingerprint density at radius 2 is 0.470 bits per heavy atom. The number of unbranched alkanes of at least 4 members (excludes halogenated alkanes) is 38. The maximum atomic E-state index is 12.9. The molecule has 0 heterocycles. The van der Waals surface area contributed by atoms with E-state index in [9.17, 15) is 14.4 Å². The summed E-state index contributed by atoms with van der Waals surface area (Å²) in [5.41, 5.74) is 0. The lowest BCUT2D eigenvalue weighted by atomic mass is 10.0. The van der Waals surface area contributed by atoms with Crippen LogP contribution in [0.3, 0.4) is 0 Å². The van der Waals surface area contributed by atoms with Crippen molar-refractivity contribution in [1.29, 1.82) is 0 Å². The van der Waals surface area contributed by atoms with Gasteiger partial charge in [-0.2, -0.15) is 0 Å². The Bertz CT molecular complexity index is 1610. The summed E-state index contributed by atoms with van der Waals surface area (Å²) in [5.74, 6) is -0.890. The third-order valence-corrected chi connectivity index (χ3v) is 15.6. The maximum Gasteiger partial charge on any atom is 0.306 e. The highest BCUT2D eigenvalue weighted by Crippen LogP contribution is 2.18. The minimum absolute atomic E-state index is 0.0812. The van der Waals surface area contributed by atoms with E-state index in [0.717, 1.165) is 122 Å². The molecule has 1 unspecified atom stereocenters. The third-order valence-electron chi connectivity index (χ3n) is 15.6. The second-order valence-electron chi connectivity index (χ2n) is 23.8. The smallest absolute Gasteiger partial charge is 0.306 e. The molecule has 0 rings (SSSR count). The Hall–Kier alpha value is -3.67. The molecule has 0 radical (unpaired) electrons. The standard InChI is InChI=1S/C77H134O6/c1-4-7-10-13-16-19-22-24-26-28-30-32-34-36-37-38-39-41-42-44-46-48-50-52-55-58-61-64-67-70-76(79)82-73-74(72-81-75(78)69-66-63-60-57-54-21-18-15-12-9-6-3)83-77(80)71-68-65-62-59-56-53-51-49-47-45-43-40-35-33-31-29-27-25-23-20-17-14-11-8-5-2/h7,10,16,19,24,26,30,32,36-37,39,41,44,46,50,52,74H,4-6,8-9,11-15,17-18,20-23,25,27-29,31,33-35,38,40,42-43,45,47-49,51,53-73H2,1-3H3/b10-7-,19-16-,26-24-,32-30-,37-36-,41-39-,46-44-,52-50-. The summed E-state index contributed by atoms with van der Waals surface area (Å²) in [6.07, 6.45) is 95.9. The highest BCUT2D eigenvalue weighted by atomic mass is 16.6. The topological polar surface area (TPSA) is 78.9 Å². The van der Waals surface area contributed by atoms with E-state index in [1.807, 2.05) is 0 Å². The van der Waals surface area contributed by atoms with Crippen molar-refractivity contribution in [1.82, 2.24) is 0 Å². The van der Waals surface area contributed by atoms with Crippen LogP contribution in [0.1, 0.15) is 355 Å². The van der Waals surface area contributed by atoms with Gasteiger partial charge in [0.05, 0.1) is 0 Å². The molecule has 0 aromatic rings. The number of carbonyl (C=O) groups excluding carboxylic acids is 3. The van der Waals surface area contributed by atoms with Crippen LogP contribution in [-0.4, -0.2) is 37.2 Å². The molecule has 0 saturated heterocycles. The van der Waals surface area contributed by atoms with Gasteiger partial charge in [-0.15, -0.1) is 0 Å². The fourth-order valence-corrected chi connectivity index (χ4v) is 10.3. The quantitative estimate of drug-likeness (QED) is 0.0261. The molecule has 0 aromatic carbocycles. The third kappa shape index (κ3) is 69.0. The van der Waals surface area contributed by atoms with Gasteiger partial charge in [0.1, 0.15) is 13.2 Å². The van der Waals surface area contributed by atoms with Gasteiger partial charge in [0, 0.05) is 19.3 Å². The zero-order valence-electron chi connectivity index (χ0n) is 54.9. The van der Waals surface area contributed by atoms with Crippen LogP contribution in [0.5, 0.6) is 0 Å². The largest absolute Gasteiger partial charge is 0.462 e. The summed E-state index contributed by atoms with van der Waals surface area (Å²) in [6, 6.07) is 0. The highest BCUT2D eigenvalue weighted by Gasteiger charge is 2.19. The van der Waals surface area contributed by atoms with Crippen molar-refractivity contribution in [3.63, 3.8) is 0 Å². The van der Waals surface area contributed by atoms with Gasteiger partial charge in [0.15, 0.2) is 6.10 Å². The maximum absolute atomic E-state index is 12.9. The molecule has 478 valence electrons. The second kappa shape index (κ2) is 70.8. The number of rotatable bonds is 65. The number of ether oxygens (including phenoxy) is 3. The van der Waals surface area contributed by atoms with Crippen molar-refractivity contribution in [2.45, 2.75) is 361 Å². The predicted octanol–water partition coefficient (Wildman–Crippen LogP) is 24.8. The molecule has 6 nitrogen and oxygen atoms in total. The molecule has 0 saturated carbocycles. The van der Waals surface area contributed by atoms with Crippen LogP contribution in [0.4, 0.5) is 0 Å². The van der Waals surface area contributed by atoms with Crippen LogP contribution in [0.15, 0.2) is 97.2 Å². The van der Waals surface area contributed by atoms with E-state index in [-0.39, 0.29) is 31.1 Å². The number of carbonyl (C=O) groups is 3. The first-order valence-corrected chi connectivity index (χ1v) is 35.7. The molecule has 0 N–H and O–H groups in total. The number of hydrogen-bond acceptors (Lipinski definition) is 6. The number of esters is 3. The van der Waals surface area contributed by atoms with Crippen LogP contribution >= 0.6 is 0 Å². The Labute approximate surface area is 515 Å². The van der Waals surface area contributed by atoms with Crippen molar-refractivity contribution in [2.75, 3.05) is 13.2 Å². The molecule has 6 heteroatoms. The molecule has 0 aromatic heterocycles. The molecule has 0 spiro atoms. The van der Waals surface area contributed by atoms with Crippen molar-refractivity contribution in [3.8, 4) is 0 Å². The first-order chi connectivity index (χ1) is 41.0. The Balaban J connectivity index is 4.28. The fourth-order valence-electron chi connectivity index (χ4n) is 10.3. The van der Waals surface area contributed by atoms with Crippen LogP contribution in [0, 0.1) is 0 Å². The molecular weight excluding hydrogens is 1020 g/mol. The van der Waals surface area contributed by atoms with Gasteiger partial charge in [-0.1, -0.05) is 349 Å². The van der Waals surface area contributed by atoms with Gasteiger partial charge in [-0.3, -0.25) is 14.4 Å². The lowest BCUT2D eigenvalue weighted by molar-refractivity contribution is -0.167. The molecule has 1 atom stereocenters. The van der Waals surface area contributed by atoms with E-state index in [2.05, 4.69) is 118 Å². The van der Waals surface area contributed by atoms with E-state index in [4.69, 9.17) is 14.2 Å². The van der Waals surface area contributed by atoms with Gasteiger partial charge in [-0.05, 0) is 83.5 Å². The fraction of sp³-hybridized carbons (Fsp3) is 0.753. The lowest BCUT2D eigenvalue weighted by Crippen LogP contribution is -2.30. The zero-order chi connectivity index (χ0) is 59.9. The lowest BCUT2D eigenvalue weighted by Gasteiger charge is -2.18. The van der Waals surface area contributed by atoms with Crippen molar-refractivity contribution in [2.24, 2.45) is 0 Å². The van der Waals surface area contributed by atoms with Crippen molar-refractivity contribution < 1.29 is 28.6 Å². The summed E-state index contributed by atoms with van der Waals surface area (Å²) in [5, 5.41) is 0. The zero-order valence-corrected chi connectivity index (χ0v) is 54.9. The van der Waals surface area contributed by atoms with E-state index in [1.165, 1.54) is 193 Å². The molecule has 0 aliphatic carbocycles. The predicted molar refractivity (Wildman–Crippen MR) is 362 cm³/mol. The molecule has 0 aliphatic heterocycles. The number of hydrogen-bond donors (Lipinski definition) is 0. The Kier molecular flexibility index (Phi) is 67.7. The molecule has 0 bridgehead atoms. The van der Waals surface area contributed by atoms with Gasteiger partial charge in [-0.25, -0.2) is 0 Å². The van der Waals surface area contributed by atoms with Crippen molar-refractivity contribution >= 4 is 17.9 Å². The summed E-state index contributed by atoms with van der Waals surface area (Å²) < 4.78 is 16.9. The first-order valence-electron chi connectivity index (χ1n) is 35.7. The minimum Gasteiger partial charge on any atom is -0.462 e. The van der Waals surface area contributed by atoms with Crippen LogP contribution < -0.4 is 0 Å². The Morgan fingerprint density at radius 1 is 0.253 bits per heavy atom. The number of allylic oxidation sites excluding steroid dienone is 16. The van der Waals surface area contributed by atoms with Gasteiger partial charge >= 0.3 is 17.9 Å². The van der Waals surface area contributed by atoms with Gasteiger partial charge in [0.2, 0.25) is 0 Å².